The van der Waals surface area contributed by atoms with Crippen molar-refractivity contribution in [2.24, 2.45) is 0 Å². The van der Waals surface area contributed by atoms with Crippen LogP contribution in [0.25, 0.3) is 28.1 Å². The van der Waals surface area contributed by atoms with E-state index in [4.69, 9.17) is 5.11 Å². The summed E-state index contributed by atoms with van der Waals surface area (Å²) in [6, 6.07) is 14.3. The van der Waals surface area contributed by atoms with Gasteiger partial charge in [0.25, 0.3) is 0 Å². The number of benzene rings is 2. The number of aromatic amines is 1. The molecular formula is C24H21N3O2S. The monoisotopic (exact) mass is 415 g/mol. The minimum atomic E-state index is -0.957. The third kappa shape index (κ3) is 4.09. The number of aromatic nitrogens is 3. The second kappa shape index (κ2) is 8.47. The van der Waals surface area contributed by atoms with Gasteiger partial charge in [-0.05, 0) is 59.4 Å². The van der Waals surface area contributed by atoms with Crippen LogP contribution in [-0.2, 0) is 4.79 Å². The lowest BCUT2D eigenvalue weighted by Gasteiger charge is -2.15. The number of nitrogens with zero attached hydrogens (tertiary/aromatic N) is 2. The van der Waals surface area contributed by atoms with Gasteiger partial charge in [0, 0.05) is 17.7 Å². The molecule has 0 amide bonds. The van der Waals surface area contributed by atoms with E-state index in [-0.39, 0.29) is 0 Å². The minimum Gasteiger partial charge on any atom is -0.478 e. The SMILES string of the molecule is CCC(=C(c1ccc(C=CC(=O)O)cc1)c1ccc2[nH]ncc2c1)c1cnc(C)s1. The Bertz CT molecular complexity index is 1260. The van der Waals surface area contributed by atoms with Gasteiger partial charge in [-0.25, -0.2) is 9.78 Å². The molecule has 0 saturated heterocycles. The smallest absolute Gasteiger partial charge is 0.328 e. The highest BCUT2D eigenvalue weighted by Crippen LogP contribution is 2.37. The number of H-pyrrole nitrogens is 1. The van der Waals surface area contributed by atoms with Crippen molar-refractivity contribution in [3.8, 4) is 0 Å². The Morgan fingerprint density at radius 1 is 1.13 bits per heavy atom. The first-order valence-corrected chi connectivity index (χ1v) is 10.5. The molecule has 0 fully saturated rings. The Morgan fingerprint density at radius 2 is 1.90 bits per heavy atom. The van der Waals surface area contributed by atoms with Gasteiger partial charge in [0.05, 0.1) is 21.6 Å². The van der Waals surface area contributed by atoms with Gasteiger partial charge in [0.2, 0.25) is 0 Å². The molecule has 2 aromatic heterocycles. The van der Waals surface area contributed by atoms with Crippen LogP contribution in [0.2, 0.25) is 0 Å². The third-order valence-electron chi connectivity index (χ3n) is 4.92. The number of nitrogens with one attached hydrogen (secondary N) is 1. The van der Waals surface area contributed by atoms with Gasteiger partial charge in [-0.1, -0.05) is 37.3 Å². The first-order chi connectivity index (χ1) is 14.5. The lowest BCUT2D eigenvalue weighted by atomic mass is 9.90. The van der Waals surface area contributed by atoms with Crippen LogP contribution in [0.3, 0.4) is 0 Å². The quantitative estimate of drug-likeness (QED) is 0.390. The summed E-state index contributed by atoms with van der Waals surface area (Å²) in [6.07, 6.45) is 7.38. The average Bonchev–Trinajstić information content (AvgIpc) is 3.39. The van der Waals surface area contributed by atoms with E-state index in [0.29, 0.717) is 0 Å². The molecule has 150 valence electrons. The summed E-state index contributed by atoms with van der Waals surface area (Å²) in [4.78, 5) is 16.4. The number of rotatable bonds is 6. The van der Waals surface area contributed by atoms with E-state index in [9.17, 15) is 4.79 Å². The molecule has 0 unspecified atom stereocenters. The molecule has 6 heteroatoms. The molecule has 2 N–H and O–H groups in total. The van der Waals surface area contributed by atoms with Gasteiger partial charge >= 0.3 is 5.97 Å². The van der Waals surface area contributed by atoms with E-state index in [1.807, 2.05) is 49.6 Å². The number of fused-ring (bicyclic) bond motifs is 1. The number of allylic oxidation sites excluding steroid dienone is 1. The Morgan fingerprint density at radius 3 is 2.57 bits per heavy atom. The van der Waals surface area contributed by atoms with Gasteiger partial charge < -0.3 is 5.11 Å². The molecule has 5 nitrogen and oxygen atoms in total. The maximum atomic E-state index is 10.8. The van der Waals surface area contributed by atoms with Crippen LogP contribution < -0.4 is 0 Å². The number of aliphatic carboxylic acids is 1. The van der Waals surface area contributed by atoms with Crippen LogP contribution in [-0.4, -0.2) is 26.3 Å². The van der Waals surface area contributed by atoms with Gasteiger partial charge in [-0.2, -0.15) is 5.10 Å². The van der Waals surface area contributed by atoms with Crippen LogP contribution in [0.5, 0.6) is 0 Å². The van der Waals surface area contributed by atoms with E-state index in [2.05, 4.69) is 34.2 Å². The fourth-order valence-corrected chi connectivity index (χ4v) is 4.42. The van der Waals surface area contributed by atoms with Crippen LogP contribution in [0.15, 0.2) is 60.9 Å². The Balaban J connectivity index is 1.89. The second-order valence-corrected chi connectivity index (χ2v) is 8.15. The van der Waals surface area contributed by atoms with Gasteiger partial charge in [-0.15, -0.1) is 11.3 Å². The second-order valence-electron chi connectivity index (χ2n) is 6.92. The number of thiazole rings is 1. The van der Waals surface area contributed by atoms with Crippen LogP contribution >= 0.6 is 11.3 Å². The first-order valence-electron chi connectivity index (χ1n) is 9.66. The standard InChI is InChI=1S/C24H21N3O2S/c1-3-20(22-14-25-15(2)30-22)24(18-9-10-21-19(12-18)13-26-27-21)17-7-4-16(5-8-17)6-11-23(28)29/h4-14H,3H2,1-2H3,(H,26,27)(H,28,29). The summed E-state index contributed by atoms with van der Waals surface area (Å²) in [5, 5.41) is 18.1. The molecule has 2 heterocycles. The predicted molar refractivity (Wildman–Crippen MR) is 122 cm³/mol. The van der Waals surface area contributed by atoms with Crippen molar-refractivity contribution >= 4 is 45.4 Å². The molecule has 0 atom stereocenters. The van der Waals surface area contributed by atoms with Crippen LogP contribution in [0.1, 0.15) is 39.9 Å². The van der Waals surface area contributed by atoms with Gasteiger partial charge in [0.1, 0.15) is 0 Å². The van der Waals surface area contributed by atoms with Crippen LogP contribution in [0.4, 0.5) is 0 Å². The molecular weight excluding hydrogens is 394 g/mol. The molecule has 0 aliphatic carbocycles. The van der Waals surface area contributed by atoms with Crippen LogP contribution in [0, 0.1) is 6.92 Å². The third-order valence-corrected chi connectivity index (χ3v) is 5.89. The normalized spacial score (nSPS) is 12.5. The molecule has 4 aromatic rings. The van der Waals surface area contributed by atoms with Gasteiger partial charge in [-0.3, -0.25) is 5.10 Å². The molecule has 4 rings (SSSR count). The highest BCUT2D eigenvalue weighted by Gasteiger charge is 2.15. The highest BCUT2D eigenvalue weighted by atomic mass is 32.1. The molecule has 0 spiro atoms. The maximum Gasteiger partial charge on any atom is 0.328 e. The molecule has 30 heavy (non-hydrogen) atoms. The van der Waals surface area contributed by atoms with E-state index in [1.165, 1.54) is 5.57 Å². The molecule has 0 aliphatic rings. The summed E-state index contributed by atoms with van der Waals surface area (Å²) in [6.45, 7) is 4.17. The van der Waals surface area contributed by atoms with Crippen molar-refractivity contribution in [3.05, 3.63) is 87.5 Å². The predicted octanol–water partition coefficient (Wildman–Crippen LogP) is 5.79. The molecule has 0 aliphatic heterocycles. The Kier molecular flexibility index (Phi) is 5.59. The largest absolute Gasteiger partial charge is 0.478 e. The highest BCUT2D eigenvalue weighted by molar-refractivity contribution is 7.12. The maximum absolute atomic E-state index is 10.8. The summed E-state index contributed by atoms with van der Waals surface area (Å²) in [5.74, 6) is -0.957. The zero-order valence-electron chi connectivity index (χ0n) is 16.7. The van der Waals surface area contributed by atoms with E-state index in [0.717, 1.165) is 55.5 Å². The van der Waals surface area contributed by atoms with Crippen molar-refractivity contribution < 1.29 is 9.90 Å². The lowest BCUT2D eigenvalue weighted by molar-refractivity contribution is -0.131. The molecule has 0 radical (unpaired) electrons. The van der Waals surface area contributed by atoms with Gasteiger partial charge in [0.15, 0.2) is 0 Å². The fourth-order valence-electron chi connectivity index (χ4n) is 3.52. The zero-order valence-corrected chi connectivity index (χ0v) is 17.5. The number of hydrogen-bond acceptors (Lipinski definition) is 4. The number of carboxylic acid groups (broad SMARTS) is 1. The number of carboxylic acids is 1. The van der Waals surface area contributed by atoms with Crippen molar-refractivity contribution in [1.29, 1.82) is 0 Å². The van der Waals surface area contributed by atoms with E-state index < -0.39 is 5.97 Å². The molecule has 0 bridgehead atoms. The Hall–Kier alpha value is -3.51. The first kappa shape index (κ1) is 19.8. The molecule has 2 aromatic carbocycles. The summed E-state index contributed by atoms with van der Waals surface area (Å²) in [7, 11) is 0. The number of hydrogen-bond donors (Lipinski definition) is 2. The summed E-state index contributed by atoms with van der Waals surface area (Å²) in [5.41, 5.74) is 6.42. The van der Waals surface area contributed by atoms with E-state index >= 15 is 0 Å². The van der Waals surface area contributed by atoms with Crippen molar-refractivity contribution in [2.45, 2.75) is 20.3 Å². The fraction of sp³-hybridized carbons (Fsp3) is 0.125. The van der Waals surface area contributed by atoms with Crippen molar-refractivity contribution in [1.82, 2.24) is 15.2 Å². The number of carbonyl (C=O) groups is 1. The lowest BCUT2D eigenvalue weighted by Crippen LogP contribution is -1.94. The van der Waals surface area contributed by atoms with E-state index in [1.54, 1.807) is 17.4 Å². The summed E-state index contributed by atoms with van der Waals surface area (Å²) >= 11 is 1.69. The Labute approximate surface area is 178 Å². The van der Waals surface area contributed by atoms with Crippen molar-refractivity contribution in [3.63, 3.8) is 0 Å². The molecule has 0 saturated carbocycles. The van der Waals surface area contributed by atoms with Crippen molar-refractivity contribution in [2.75, 3.05) is 0 Å². The number of aryl methyl sites for hydroxylation is 1. The average molecular weight is 416 g/mol. The minimum absolute atomic E-state index is 0.845. The topological polar surface area (TPSA) is 78.9 Å². The summed E-state index contributed by atoms with van der Waals surface area (Å²) < 4.78 is 0. The zero-order chi connectivity index (χ0) is 21.1.